The van der Waals surface area contributed by atoms with Gasteiger partial charge in [-0.3, -0.25) is 4.79 Å². The molecule has 3 nitrogen and oxygen atoms in total. The number of esters is 1. The first-order valence-electron chi connectivity index (χ1n) is 5.66. The monoisotopic (exact) mass is 219 g/mol. The highest BCUT2D eigenvalue weighted by Gasteiger charge is 2.30. The van der Waals surface area contributed by atoms with Crippen LogP contribution in [0, 0.1) is 5.92 Å². The second-order valence-electron chi connectivity index (χ2n) is 4.27. The number of hydrogen-bond acceptors (Lipinski definition) is 3. The van der Waals surface area contributed by atoms with E-state index in [1.807, 2.05) is 6.07 Å². The van der Waals surface area contributed by atoms with Gasteiger partial charge in [0.05, 0.1) is 6.61 Å². The number of nitrogens with one attached hydrogen (secondary N) is 1. The van der Waals surface area contributed by atoms with Gasteiger partial charge in [0.2, 0.25) is 0 Å². The molecule has 1 aromatic rings. The summed E-state index contributed by atoms with van der Waals surface area (Å²) in [7, 11) is 0. The molecule has 0 amide bonds. The zero-order valence-corrected chi connectivity index (χ0v) is 9.48. The molecule has 2 atom stereocenters. The highest BCUT2D eigenvalue weighted by atomic mass is 16.5. The minimum absolute atomic E-state index is 0.189. The lowest BCUT2D eigenvalue weighted by Gasteiger charge is -2.37. The van der Waals surface area contributed by atoms with Gasteiger partial charge in [-0.05, 0) is 12.0 Å². The van der Waals surface area contributed by atoms with Crippen LogP contribution < -0.4 is 5.32 Å². The van der Waals surface area contributed by atoms with Gasteiger partial charge >= 0.3 is 5.97 Å². The van der Waals surface area contributed by atoms with Crippen molar-refractivity contribution in [3.05, 3.63) is 35.9 Å². The summed E-state index contributed by atoms with van der Waals surface area (Å²) in [6.45, 7) is 2.95. The zero-order valence-electron chi connectivity index (χ0n) is 9.48. The van der Waals surface area contributed by atoms with E-state index in [1.54, 1.807) is 0 Å². The van der Waals surface area contributed by atoms with Crippen LogP contribution in [0.15, 0.2) is 30.3 Å². The Morgan fingerprint density at radius 2 is 2.19 bits per heavy atom. The Hall–Kier alpha value is -1.35. The highest BCUT2D eigenvalue weighted by molar-refractivity contribution is 5.65. The molecule has 0 saturated carbocycles. The van der Waals surface area contributed by atoms with Gasteiger partial charge in [0, 0.05) is 25.4 Å². The minimum atomic E-state index is -0.189. The second kappa shape index (κ2) is 5.12. The summed E-state index contributed by atoms with van der Waals surface area (Å²) in [6.07, 6.45) is 1.01. The Kier molecular flexibility index (Phi) is 3.57. The van der Waals surface area contributed by atoms with Crippen molar-refractivity contribution < 1.29 is 9.53 Å². The molecule has 0 bridgehead atoms. The molecular weight excluding hydrogens is 202 g/mol. The van der Waals surface area contributed by atoms with Crippen molar-refractivity contribution in [2.45, 2.75) is 19.4 Å². The van der Waals surface area contributed by atoms with E-state index in [4.69, 9.17) is 4.74 Å². The lowest BCUT2D eigenvalue weighted by Crippen LogP contribution is -2.56. The topological polar surface area (TPSA) is 38.3 Å². The van der Waals surface area contributed by atoms with Crippen LogP contribution in [0.4, 0.5) is 0 Å². The SMILES string of the molecule is CC(=O)OCC1CNC1Cc1ccccc1. The predicted octanol–water partition coefficient (Wildman–Crippen LogP) is 1.38. The molecule has 0 aromatic heterocycles. The van der Waals surface area contributed by atoms with Crippen molar-refractivity contribution in [1.82, 2.24) is 5.32 Å². The third-order valence-electron chi connectivity index (χ3n) is 3.01. The minimum Gasteiger partial charge on any atom is -0.465 e. The maximum Gasteiger partial charge on any atom is 0.302 e. The van der Waals surface area contributed by atoms with Gasteiger partial charge in [0.25, 0.3) is 0 Å². The summed E-state index contributed by atoms with van der Waals surface area (Å²) in [4.78, 5) is 10.7. The molecule has 1 heterocycles. The van der Waals surface area contributed by atoms with Gasteiger partial charge in [-0.1, -0.05) is 30.3 Å². The van der Waals surface area contributed by atoms with Crippen LogP contribution in [0.2, 0.25) is 0 Å². The van der Waals surface area contributed by atoms with Crippen molar-refractivity contribution in [3.8, 4) is 0 Å². The Balaban J connectivity index is 1.80. The fourth-order valence-electron chi connectivity index (χ4n) is 1.96. The molecule has 2 unspecified atom stereocenters. The van der Waals surface area contributed by atoms with Gasteiger partial charge in [0.1, 0.15) is 0 Å². The number of ether oxygens (including phenoxy) is 1. The van der Waals surface area contributed by atoms with Crippen LogP contribution >= 0.6 is 0 Å². The fraction of sp³-hybridized carbons (Fsp3) is 0.462. The third-order valence-corrected chi connectivity index (χ3v) is 3.01. The summed E-state index contributed by atoms with van der Waals surface area (Å²) in [5, 5.41) is 3.38. The lowest BCUT2D eigenvalue weighted by atomic mass is 9.87. The van der Waals surface area contributed by atoms with Crippen molar-refractivity contribution in [2.24, 2.45) is 5.92 Å². The Morgan fingerprint density at radius 3 is 2.75 bits per heavy atom. The molecule has 0 radical (unpaired) electrons. The lowest BCUT2D eigenvalue weighted by molar-refractivity contribution is -0.143. The standard InChI is InChI=1S/C13H17NO2/c1-10(15)16-9-12-8-14-13(12)7-11-5-3-2-4-6-11/h2-6,12-14H,7-9H2,1H3. The second-order valence-corrected chi connectivity index (χ2v) is 4.27. The van der Waals surface area contributed by atoms with Crippen LogP contribution in [0.1, 0.15) is 12.5 Å². The Labute approximate surface area is 95.8 Å². The Bertz CT molecular complexity index is 350. The number of carbonyl (C=O) groups is 1. The molecule has 86 valence electrons. The summed E-state index contributed by atoms with van der Waals surface area (Å²) in [5.74, 6) is 0.273. The molecule has 0 aliphatic carbocycles. The first-order valence-corrected chi connectivity index (χ1v) is 5.66. The van der Waals surface area contributed by atoms with E-state index in [-0.39, 0.29) is 5.97 Å². The molecule has 1 N–H and O–H groups in total. The van der Waals surface area contributed by atoms with Crippen LogP contribution in [-0.2, 0) is 16.0 Å². The van der Waals surface area contributed by atoms with E-state index in [9.17, 15) is 4.79 Å². The summed E-state index contributed by atoms with van der Waals surface area (Å²) in [6, 6.07) is 10.8. The number of benzene rings is 1. The molecule has 1 saturated heterocycles. The number of rotatable bonds is 4. The molecule has 1 aliphatic rings. The smallest absolute Gasteiger partial charge is 0.302 e. The van der Waals surface area contributed by atoms with Crippen molar-refractivity contribution in [2.75, 3.05) is 13.2 Å². The van der Waals surface area contributed by atoms with Gasteiger partial charge in [-0.2, -0.15) is 0 Å². The zero-order chi connectivity index (χ0) is 11.4. The predicted molar refractivity (Wildman–Crippen MR) is 62.1 cm³/mol. The van der Waals surface area contributed by atoms with Gasteiger partial charge in [-0.25, -0.2) is 0 Å². The third kappa shape index (κ3) is 2.83. The normalized spacial score (nSPS) is 23.6. The molecule has 3 heteroatoms. The largest absolute Gasteiger partial charge is 0.465 e. The first-order chi connectivity index (χ1) is 7.75. The van der Waals surface area contributed by atoms with Gasteiger partial charge in [-0.15, -0.1) is 0 Å². The van der Waals surface area contributed by atoms with Crippen molar-refractivity contribution in [1.29, 1.82) is 0 Å². The summed E-state index contributed by atoms with van der Waals surface area (Å²) < 4.78 is 5.03. The maximum absolute atomic E-state index is 10.7. The van der Waals surface area contributed by atoms with E-state index >= 15 is 0 Å². The summed E-state index contributed by atoms with van der Waals surface area (Å²) in [5.41, 5.74) is 1.33. The molecule has 1 aliphatic heterocycles. The average Bonchev–Trinajstić information content (AvgIpc) is 2.26. The summed E-state index contributed by atoms with van der Waals surface area (Å²) >= 11 is 0. The Morgan fingerprint density at radius 1 is 1.44 bits per heavy atom. The van der Waals surface area contributed by atoms with Crippen LogP contribution in [0.25, 0.3) is 0 Å². The van der Waals surface area contributed by atoms with E-state index in [0.29, 0.717) is 18.6 Å². The molecule has 1 fully saturated rings. The van der Waals surface area contributed by atoms with Gasteiger partial charge in [0.15, 0.2) is 0 Å². The van der Waals surface area contributed by atoms with E-state index in [2.05, 4.69) is 29.6 Å². The van der Waals surface area contributed by atoms with Crippen LogP contribution in [-0.4, -0.2) is 25.2 Å². The molecule has 0 spiro atoms. The number of carbonyl (C=O) groups excluding carboxylic acids is 1. The number of hydrogen-bond donors (Lipinski definition) is 1. The molecular formula is C13H17NO2. The first kappa shape index (κ1) is 11.1. The van der Waals surface area contributed by atoms with Crippen molar-refractivity contribution >= 4 is 5.97 Å². The molecule has 2 rings (SSSR count). The molecule has 1 aromatic carbocycles. The highest BCUT2D eigenvalue weighted by Crippen LogP contribution is 2.18. The van der Waals surface area contributed by atoms with Crippen molar-refractivity contribution in [3.63, 3.8) is 0 Å². The maximum atomic E-state index is 10.7. The average molecular weight is 219 g/mol. The molecule has 16 heavy (non-hydrogen) atoms. The van der Waals surface area contributed by atoms with Crippen LogP contribution in [0.3, 0.4) is 0 Å². The van der Waals surface area contributed by atoms with Crippen LogP contribution in [0.5, 0.6) is 0 Å². The quantitative estimate of drug-likeness (QED) is 0.777. The van der Waals surface area contributed by atoms with E-state index in [0.717, 1.165) is 13.0 Å². The fourth-order valence-corrected chi connectivity index (χ4v) is 1.96. The van der Waals surface area contributed by atoms with E-state index in [1.165, 1.54) is 12.5 Å². The van der Waals surface area contributed by atoms with Gasteiger partial charge < -0.3 is 10.1 Å². The van der Waals surface area contributed by atoms with E-state index < -0.39 is 0 Å².